The monoisotopic (exact) mass is 256 g/mol. The van der Waals surface area contributed by atoms with Gasteiger partial charge in [-0.15, -0.1) is 0 Å². The number of rotatable bonds is 1. The zero-order chi connectivity index (χ0) is 9.26. The number of hydrogen-bond donors (Lipinski definition) is 0. The summed E-state index contributed by atoms with van der Waals surface area (Å²) >= 11 is 9.07. The lowest BCUT2D eigenvalue weighted by atomic mass is 10.3. The van der Waals surface area contributed by atoms with Gasteiger partial charge in [-0.25, -0.2) is 4.68 Å². The van der Waals surface area contributed by atoms with E-state index >= 15 is 0 Å². The highest BCUT2D eigenvalue weighted by Gasteiger charge is 1.97. The standard InChI is InChI=1S/C9H6BrClN2/c10-7-1-3-8(4-2-7)13-6-5-9(11)12-13/h1-6H. The Labute approximate surface area is 89.3 Å². The van der Waals surface area contributed by atoms with Crippen LogP contribution in [-0.2, 0) is 0 Å². The van der Waals surface area contributed by atoms with E-state index in [4.69, 9.17) is 11.6 Å². The van der Waals surface area contributed by atoms with Gasteiger partial charge < -0.3 is 0 Å². The van der Waals surface area contributed by atoms with Crippen LogP contribution in [0.4, 0.5) is 0 Å². The number of benzene rings is 1. The van der Waals surface area contributed by atoms with Gasteiger partial charge in [0.05, 0.1) is 5.69 Å². The molecular weight excluding hydrogens is 251 g/mol. The summed E-state index contributed by atoms with van der Waals surface area (Å²) in [6, 6.07) is 9.61. The lowest BCUT2D eigenvalue weighted by Crippen LogP contribution is -1.93. The smallest absolute Gasteiger partial charge is 0.151 e. The molecule has 0 fully saturated rings. The van der Waals surface area contributed by atoms with E-state index in [9.17, 15) is 0 Å². The van der Waals surface area contributed by atoms with E-state index in [-0.39, 0.29) is 0 Å². The summed E-state index contributed by atoms with van der Waals surface area (Å²) in [6.07, 6.45) is 1.82. The molecule has 0 bridgehead atoms. The average Bonchev–Trinajstić information content (AvgIpc) is 2.53. The van der Waals surface area contributed by atoms with Gasteiger partial charge >= 0.3 is 0 Å². The second-order valence-corrected chi connectivity index (χ2v) is 3.86. The molecule has 13 heavy (non-hydrogen) atoms. The lowest BCUT2D eigenvalue weighted by Gasteiger charge is -1.99. The zero-order valence-corrected chi connectivity index (χ0v) is 8.96. The Morgan fingerprint density at radius 1 is 1.15 bits per heavy atom. The van der Waals surface area contributed by atoms with Crippen LogP contribution in [0, 0.1) is 0 Å². The topological polar surface area (TPSA) is 17.8 Å². The van der Waals surface area contributed by atoms with E-state index in [1.165, 1.54) is 0 Å². The van der Waals surface area contributed by atoms with Gasteiger partial charge in [-0.1, -0.05) is 27.5 Å². The first-order valence-corrected chi connectivity index (χ1v) is 4.90. The van der Waals surface area contributed by atoms with E-state index < -0.39 is 0 Å². The molecule has 1 heterocycles. The molecule has 2 aromatic rings. The van der Waals surface area contributed by atoms with Gasteiger partial charge in [-0.3, -0.25) is 0 Å². The summed E-state index contributed by atoms with van der Waals surface area (Å²) in [5.41, 5.74) is 0.995. The predicted molar refractivity (Wildman–Crippen MR) is 56.3 cm³/mol. The summed E-state index contributed by atoms with van der Waals surface area (Å²) in [7, 11) is 0. The molecule has 0 aliphatic heterocycles. The molecule has 0 radical (unpaired) electrons. The molecule has 0 atom stereocenters. The van der Waals surface area contributed by atoms with Crippen molar-refractivity contribution in [2.45, 2.75) is 0 Å². The van der Waals surface area contributed by atoms with Crippen LogP contribution < -0.4 is 0 Å². The van der Waals surface area contributed by atoms with Crippen LogP contribution >= 0.6 is 27.5 Å². The van der Waals surface area contributed by atoms with E-state index in [0.717, 1.165) is 10.2 Å². The van der Waals surface area contributed by atoms with Gasteiger partial charge in [-0.2, -0.15) is 5.10 Å². The van der Waals surface area contributed by atoms with Crippen molar-refractivity contribution in [3.63, 3.8) is 0 Å². The lowest BCUT2D eigenvalue weighted by molar-refractivity contribution is 0.881. The van der Waals surface area contributed by atoms with Gasteiger partial charge in [-0.05, 0) is 30.3 Å². The molecule has 2 rings (SSSR count). The molecular formula is C9H6BrClN2. The second kappa shape index (κ2) is 3.52. The molecule has 0 spiro atoms. The first-order valence-electron chi connectivity index (χ1n) is 3.73. The molecule has 0 N–H and O–H groups in total. The quantitative estimate of drug-likeness (QED) is 0.766. The van der Waals surface area contributed by atoms with Gasteiger partial charge in [0.2, 0.25) is 0 Å². The highest BCUT2D eigenvalue weighted by atomic mass is 79.9. The van der Waals surface area contributed by atoms with Crippen molar-refractivity contribution >= 4 is 27.5 Å². The van der Waals surface area contributed by atoms with Crippen molar-refractivity contribution in [3.05, 3.63) is 46.2 Å². The van der Waals surface area contributed by atoms with Gasteiger partial charge in [0.25, 0.3) is 0 Å². The minimum Gasteiger partial charge on any atom is -0.239 e. The fourth-order valence-corrected chi connectivity index (χ4v) is 1.44. The van der Waals surface area contributed by atoms with Crippen LogP contribution in [0.2, 0.25) is 5.15 Å². The van der Waals surface area contributed by atoms with E-state index in [1.54, 1.807) is 10.7 Å². The third kappa shape index (κ3) is 1.92. The van der Waals surface area contributed by atoms with Crippen molar-refractivity contribution in [2.75, 3.05) is 0 Å². The minimum atomic E-state index is 0.503. The van der Waals surface area contributed by atoms with Crippen LogP contribution in [0.1, 0.15) is 0 Å². The number of halogens is 2. The molecule has 0 saturated heterocycles. The van der Waals surface area contributed by atoms with Crippen molar-refractivity contribution in [2.24, 2.45) is 0 Å². The number of hydrogen-bond acceptors (Lipinski definition) is 1. The molecule has 0 unspecified atom stereocenters. The van der Waals surface area contributed by atoms with Crippen LogP contribution in [0.3, 0.4) is 0 Å². The Hall–Kier alpha value is -0.800. The summed E-state index contributed by atoms with van der Waals surface area (Å²) in [5, 5.41) is 4.58. The normalized spacial score (nSPS) is 10.3. The maximum Gasteiger partial charge on any atom is 0.151 e. The summed E-state index contributed by atoms with van der Waals surface area (Å²) < 4.78 is 2.78. The SMILES string of the molecule is Clc1ccn(-c2ccc(Br)cc2)n1. The maximum atomic E-state index is 5.70. The molecule has 0 aliphatic rings. The second-order valence-electron chi connectivity index (χ2n) is 2.56. The molecule has 66 valence electrons. The predicted octanol–water partition coefficient (Wildman–Crippen LogP) is 3.29. The Bertz CT molecular complexity index is 408. The van der Waals surface area contributed by atoms with Gasteiger partial charge in [0.15, 0.2) is 5.15 Å². The van der Waals surface area contributed by atoms with Crippen LogP contribution in [-0.4, -0.2) is 9.78 Å². The van der Waals surface area contributed by atoms with E-state index in [2.05, 4.69) is 21.0 Å². The van der Waals surface area contributed by atoms with E-state index in [1.807, 2.05) is 30.5 Å². The number of aromatic nitrogens is 2. The molecule has 0 saturated carbocycles. The third-order valence-corrected chi connectivity index (χ3v) is 2.38. The fraction of sp³-hybridized carbons (Fsp3) is 0. The van der Waals surface area contributed by atoms with Crippen LogP contribution in [0.15, 0.2) is 41.0 Å². The Balaban J connectivity index is 2.41. The first kappa shape index (κ1) is 8.78. The molecule has 0 amide bonds. The van der Waals surface area contributed by atoms with Crippen molar-refractivity contribution in [1.82, 2.24) is 9.78 Å². The Morgan fingerprint density at radius 2 is 1.85 bits per heavy atom. The highest BCUT2D eigenvalue weighted by molar-refractivity contribution is 9.10. The highest BCUT2D eigenvalue weighted by Crippen LogP contribution is 2.14. The molecule has 2 nitrogen and oxygen atoms in total. The minimum absolute atomic E-state index is 0.503. The van der Waals surface area contributed by atoms with E-state index in [0.29, 0.717) is 5.15 Å². The summed E-state index contributed by atoms with van der Waals surface area (Å²) in [6.45, 7) is 0. The molecule has 1 aromatic heterocycles. The Kier molecular flexibility index (Phi) is 2.38. The largest absolute Gasteiger partial charge is 0.239 e. The average molecular weight is 258 g/mol. The van der Waals surface area contributed by atoms with Crippen molar-refractivity contribution in [1.29, 1.82) is 0 Å². The third-order valence-electron chi connectivity index (χ3n) is 1.65. The molecule has 0 aliphatic carbocycles. The molecule has 1 aromatic carbocycles. The maximum absolute atomic E-state index is 5.70. The molecule has 4 heteroatoms. The van der Waals surface area contributed by atoms with Crippen LogP contribution in [0.25, 0.3) is 5.69 Å². The van der Waals surface area contributed by atoms with Gasteiger partial charge in [0.1, 0.15) is 0 Å². The van der Waals surface area contributed by atoms with Crippen molar-refractivity contribution < 1.29 is 0 Å². The Morgan fingerprint density at radius 3 is 2.38 bits per heavy atom. The summed E-state index contributed by atoms with van der Waals surface area (Å²) in [5.74, 6) is 0. The van der Waals surface area contributed by atoms with Gasteiger partial charge in [0, 0.05) is 10.7 Å². The fourth-order valence-electron chi connectivity index (χ4n) is 1.04. The number of nitrogens with zero attached hydrogens (tertiary/aromatic N) is 2. The van der Waals surface area contributed by atoms with Crippen molar-refractivity contribution in [3.8, 4) is 5.69 Å². The zero-order valence-electron chi connectivity index (χ0n) is 6.61. The first-order chi connectivity index (χ1) is 6.25. The van der Waals surface area contributed by atoms with Crippen LogP contribution in [0.5, 0.6) is 0 Å². The summed E-state index contributed by atoms with van der Waals surface area (Å²) in [4.78, 5) is 0.